The van der Waals surface area contributed by atoms with Crippen LogP contribution in [-0.2, 0) is 0 Å². The minimum atomic E-state index is 0.688. The molecule has 0 heterocycles. The highest BCUT2D eigenvalue weighted by atomic mass is 14.5. The van der Waals surface area contributed by atoms with Crippen molar-refractivity contribution >= 4 is 0 Å². The van der Waals surface area contributed by atoms with Gasteiger partial charge in [0.05, 0.1) is 0 Å². The van der Waals surface area contributed by atoms with Gasteiger partial charge in [0.25, 0.3) is 0 Å². The van der Waals surface area contributed by atoms with Gasteiger partial charge in [-0.15, -0.1) is 0 Å². The van der Waals surface area contributed by atoms with Gasteiger partial charge in [0, 0.05) is 0 Å². The second kappa shape index (κ2) is 4.02. The van der Waals surface area contributed by atoms with E-state index in [9.17, 15) is 0 Å². The molecule has 13 heavy (non-hydrogen) atoms. The Kier molecular flexibility index (Phi) is 3.43. The standard InChI is InChI=1S/C13H26/c1-6-7-13(10(2)3)8-11(4)12(5)9-13/h10-12H,6-9H2,1-5H3. The van der Waals surface area contributed by atoms with Gasteiger partial charge in [-0.1, -0.05) is 41.0 Å². The van der Waals surface area contributed by atoms with E-state index >= 15 is 0 Å². The lowest BCUT2D eigenvalue weighted by atomic mass is 9.72. The number of rotatable bonds is 3. The van der Waals surface area contributed by atoms with Gasteiger partial charge in [0.1, 0.15) is 0 Å². The molecule has 2 atom stereocenters. The summed E-state index contributed by atoms with van der Waals surface area (Å²) in [5, 5.41) is 0. The van der Waals surface area contributed by atoms with Crippen LogP contribution in [0.4, 0.5) is 0 Å². The first-order chi connectivity index (χ1) is 6.02. The molecule has 1 fully saturated rings. The van der Waals surface area contributed by atoms with Gasteiger partial charge < -0.3 is 0 Å². The maximum Gasteiger partial charge on any atom is -0.0269 e. The van der Waals surface area contributed by atoms with Crippen LogP contribution in [0.3, 0.4) is 0 Å². The minimum Gasteiger partial charge on any atom is -0.0654 e. The molecule has 0 aromatic carbocycles. The van der Waals surface area contributed by atoms with Gasteiger partial charge in [0.15, 0.2) is 0 Å². The van der Waals surface area contributed by atoms with Crippen molar-refractivity contribution in [2.45, 2.75) is 60.3 Å². The zero-order valence-corrected chi connectivity index (χ0v) is 10.1. The molecule has 0 nitrogen and oxygen atoms in total. The van der Waals surface area contributed by atoms with E-state index in [-0.39, 0.29) is 0 Å². The summed E-state index contributed by atoms with van der Waals surface area (Å²) in [7, 11) is 0. The molecule has 0 bridgehead atoms. The first-order valence-electron chi connectivity index (χ1n) is 6.02. The summed E-state index contributed by atoms with van der Waals surface area (Å²) in [5.41, 5.74) is 0.688. The van der Waals surface area contributed by atoms with Gasteiger partial charge >= 0.3 is 0 Å². The van der Waals surface area contributed by atoms with Gasteiger partial charge in [0.2, 0.25) is 0 Å². The van der Waals surface area contributed by atoms with Crippen molar-refractivity contribution in [1.82, 2.24) is 0 Å². The van der Waals surface area contributed by atoms with E-state index < -0.39 is 0 Å². The van der Waals surface area contributed by atoms with E-state index in [1.165, 1.54) is 25.7 Å². The first kappa shape index (κ1) is 11.1. The normalized spacial score (nSPS) is 40.2. The molecular weight excluding hydrogens is 156 g/mol. The van der Waals surface area contributed by atoms with E-state index in [1.54, 1.807) is 0 Å². The molecule has 0 N–H and O–H groups in total. The third-order valence-electron chi connectivity index (χ3n) is 4.40. The summed E-state index contributed by atoms with van der Waals surface area (Å²) >= 11 is 0. The van der Waals surface area contributed by atoms with Crippen LogP contribution in [0, 0.1) is 23.2 Å². The van der Waals surface area contributed by atoms with Gasteiger partial charge in [-0.25, -0.2) is 0 Å². The molecule has 0 amide bonds. The Morgan fingerprint density at radius 1 is 1.15 bits per heavy atom. The molecule has 0 saturated heterocycles. The van der Waals surface area contributed by atoms with Crippen LogP contribution in [0.5, 0.6) is 0 Å². The minimum absolute atomic E-state index is 0.688. The largest absolute Gasteiger partial charge is 0.0654 e. The third-order valence-corrected chi connectivity index (χ3v) is 4.40. The maximum atomic E-state index is 2.43. The van der Waals surface area contributed by atoms with E-state index in [1.807, 2.05) is 0 Å². The van der Waals surface area contributed by atoms with E-state index in [0.717, 1.165) is 17.8 Å². The molecule has 1 aliphatic rings. The lowest BCUT2D eigenvalue weighted by Gasteiger charge is -2.34. The molecule has 1 aliphatic carbocycles. The molecule has 0 aromatic rings. The van der Waals surface area contributed by atoms with Crippen molar-refractivity contribution in [1.29, 1.82) is 0 Å². The van der Waals surface area contributed by atoms with E-state index in [0.29, 0.717) is 5.41 Å². The van der Waals surface area contributed by atoms with Gasteiger partial charge in [-0.3, -0.25) is 0 Å². The predicted octanol–water partition coefficient (Wildman–Crippen LogP) is 4.49. The van der Waals surface area contributed by atoms with Gasteiger partial charge in [-0.05, 0) is 42.4 Å². The smallest absolute Gasteiger partial charge is 0.0269 e. The highest BCUT2D eigenvalue weighted by Gasteiger charge is 2.42. The van der Waals surface area contributed by atoms with Crippen molar-refractivity contribution in [2.24, 2.45) is 23.2 Å². The Hall–Kier alpha value is 0. The fraction of sp³-hybridized carbons (Fsp3) is 1.00. The van der Waals surface area contributed by atoms with Crippen LogP contribution in [0.15, 0.2) is 0 Å². The topological polar surface area (TPSA) is 0 Å². The maximum absolute atomic E-state index is 2.43. The Balaban J connectivity index is 2.70. The third kappa shape index (κ3) is 2.08. The van der Waals surface area contributed by atoms with Crippen LogP contribution in [-0.4, -0.2) is 0 Å². The van der Waals surface area contributed by atoms with E-state index in [4.69, 9.17) is 0 Å². The molecule has 0 heteroatoms. The van der Waals surface area contributed by atoms with Crippen molar-refractivity contribution in [3.8, 4) is 0 Å². The zero-order chi connectivity index (χ0) is 10.1. The number of hydrogen-bond acceptors (Lipinski definition) is 0. The molecule has 0 aromatic heterocycles. The molecular formula is C13H26. The molecule has 0 radical (unpaired) electrons. The Morgan fingerprint density at radius 3 is 1.92 bits per heavy atom. The zero-order valence-electron chi connectivity index (χ0n) is 10.1. The van der Waals surface area contributed by atoms with Crippen LogP contribution in [0.1, 0.15) is 60.3 Å². The summed E-state index contributed by atoms with van der Waals surface area (Å²) in [5.74, 6) is 2.78. The molecule has 78 valence electrons. The monoisotopic (exact) mass is 182 g/mol. The van der Waals surface area contributed by atoms with Crippen molar-refractivity contribution < 1.29 is 0 Å². The quantitative estimate of drug-likeness (QED) is 0.603. The molecule has 2 unspecified atom stereocenters. The SMILES string of the molecule is CCCC1(C(C)C)CC(C)C(C)C1. The molecule has 0 aliphatic heterocycles. The Morgan fingerprint density at radius 2 is 1.62 bits per heavy atom. The average molecular weight is 182 g/mol. The highest BCUT2D eigenvalue weighted by molar-refractivity contribution is 4.92. The fourth-order valence-electron chi connectivity index (χ4n) is 3.23. The Labute approximate surface area is 84.1 Å². The van der Waals surface area contributed by atoms with Crippen molar-refractivity contribution in [2.75, 3.05) is 0 Å². The summed E-state index contributed by atoms with van der Waals surface area (Å²) < 4.78 is 0. The fourth-order valence-corrected chi connectivity index (χ4v) is 3.23. The van der Waals surface area contributed by atoms with Gasteiger partial charge in [-0.2, -0.15) is 0 Å². The van der Waals surface area contributed by atoms with Crippen molar-refractivity contribution in [3.05, 3.63) is 0 Å². The summed E-state index contributed by atoms with van der Waals surface area (Å²) in [4.78, 5) is 0. The number of hydrogen-bond donors (Lipinski definition) is 0. The highest BCUT2D eigenvalue weighted by Crippen LogP contribution is 2.52. The second-order valence-electron chi connectivity index (χ2n) is 5.63. The van der Waals surface area contributed by atoms with Crippen LogP contribution in [0.25, 0.3) is 0 Å². The van der Waals surface area contributed by atoms with Crippen molar-refractivity contribution in [3.63, 3.8) is 0 Å². The average Bonchev–Trinajstić information content (AvgIpc) is 2.29. The lowest BCUT2D eigenvalue weighted by Crippen LogP contribution is -2.24. The van der Waals surface area contributed by atoms with E-state index in [2.05, 4.69) is 34.6 Å². The summed E-state index contributed by atoms with van der Waals surface area (Å²) in [6.45, 7) is 12.0. The first-order valence-corrected chi connectivity index (χ1v) is 6.02. The predicted molar refractivity (Wildman–Crippen MR) is 59.7 cm³/mol. The van der Waals surface area contributed by atoms with Crippen LogP contribution < -0.4 is 0 Å². The molecule has 1 saturated carbocycles. The summed E-state index contributed by atoms with van der Waals surface area (Å²) in [6, 6.07) is 0. The summed E-state index contributed by atoms with van der Waals surface area (Å²) in [6.07, 6.45) is 5.75. The van der Waals surface area contributed by atoms with Crippen LogP contribution in [0.2, 0.25) is 0 Å². The van der Waals surface area contributed by atoms with Crippen LogP contribution >= 0.6 is 0 Å². The Bertz CT molecular complexity index is 147. The second-order valence-corrected chi connectivity index (χ2v) is 5.63. The molecule has 1 rings (SSSR count). The lowest BCUT2D eigenvalue weighted by molar-refractivity contribution is 0.167. The molecule has 0 spiro atoms.